The average molecular weight is 641 g/mol. The number of fused-ring (bicyclic) bond motifs is 6. The first-order chi connectivity index (χ1) is 24.8. The van der Waals surface area contributed by atoms with Crippen LogP contribution in [0.3, 0.4) is 0 Å². The highest BCUT2D eigenvalue weighted by molar-refractivity contribution is 6.21. The highest BCUT2D eigenvalue weighted by Crippen LogP contribution is 2.38. The van der Waals surface area contributed by atoms with Gasteiger partial charge in [-0.1, -0.05) is 78.9 Å². The fourth-order valence-corrected chi connectivity index (χ4v) is 7.19. The maximum atomic E-state index is 5.15. The van der Waals surface area contributed by atoms with Crippen molar-refractivity contribution in [1.82, 2.24) is 29.1 Å². The molecule has 4 aromatic heterocycles. The van der Waals surface area contributed by atoms with Crippen molar-refractivity contribution < 1.29 is 0 Å². The van der Waals surface area contributed by atoms with Crippen LogP contribution in [-0.2, 0) is 0 Å². The van der Waals surface area contributed by atoms with E-state index in [1.165, 1.54) is 32.7 Å². The summed E-state index contributed by atoms with van der Waals surface area (Å²) < 4.78 is 4.62. The van der Waals surface area contributed by atoms with Gasteiger partial charge < -0.3 is 9.13 Å². The van der Waals surface area contributed by atoms with Gasteiger partial charge in [-0.3, -0.25) is 0 Å². The van der Waals surface area contributed by atoms with Crippen molar-refractivity contribution in [3.63, 3.8) is 0 Å². The molecule has 0 bridgehead atoms. The molecule has 0 saturated heterocycles. The molecule has 0 aliphatic heterocycles. The van der Waals surface area contributed by atoms with Gasteiger partial charge in [0.15, 0.2) is 11.6 Å². The van der Waals surface area contributed by atoms with E-state index in [-0.39, 0.29) is 0 Å². The maximum absolute atomic E-state index is 5.15. The summed E-state index contributed by atoms with van der Waals surface area (Å²) >= 11 is 0. The van der Waals surface area contributed by atoms with Gasteiger partial charge >= 0.3 is 0 Å². The molecule has 0 fully saturated rings. The van der Waals surface area contributed by atoms with Gasteiger partial charge in [0, 0.05) is 68.2 Å². The Labute approximate surface area is 287 Å². The summed E-state index contributed by atoms with van der Waals surface area (Å²) in [4.78, 5) is 19.0. The van der Waals surface area contributed by atoms with Crippen molar-refractivity contribution in [3.05, 3.63) is 170 Å². The van der Waals surface area contributed by atoms with Crippen molar-refractivity contribution in [3.8, 4) is 45.4 Å². The minimum atomic E-state index is 0.687. The lowest BCUT2D eigenvalue weighted by Gasteiger charge is -2.12. The van der Waals surface area contributed by atoms with E-state index in [0.29, 0.717) is 11.6 Å². The number of para-hydroxylation sites is 3. The van der Waals surface area contributed by atoms with Crippen molar-refractivity contribution >= 4 is 43.6 Å². The zero-order valence-corrected chi connectivity index (χ0v) is 26.8. The van der Waals surface area contributed by atoms with E-state index in [9.17, 15) is 0 Å². The Kier molecular flexibility index (Phi) is 6.39. The lowest BCUT2D eigenvalue weighted by atomic mass is 10.0. The lowest BCUT2D eigenvalue weighted by molar-refractivity contribution is 1.13. The Morgan fingerprint density at radius 2 is 1.04 bits per heavy atom. The maximum Gasteiger partial charge on any atom is 0.160 e. The summed E-state index contributed by atoms with van der Waals surface area (Å²) in [5.74, 6) is 1.39. The molecule has 4 heterocycles. The van der Waals surface area contributed by atoms with Crippen LogP contribution >= 0.6 is 0 Å². The molecule has 6 aromatic carbocycles. The second-order valence-electron chi connectivity index (χ2n) is 12.4. The molecule has 50 heavy (non-hydrogen) atoms. The molecule has 0 saturated carbocycles. The van der Waals surface area contributed by atoms with Crippen LogP contribution in [0.15, 0.2) is 170 Å². The Balaban J connectivity index is 1.08. The molecule has 0 atom stereocenters. The lowest BCUT2D eigenvalue weighted by Crippen LogP contribution is -1.97. The predicted octanol–water partition coefficient (Wildman–Crippen LogP) is 10.5. The predicted molar refractivity (Wildman–Crippen MR) is 203 cm³/mol. The minimum absolute atomic E-state index is 0.687. The van der Waals surface area contributed by atoms with Crippen LogP contribution in [-0.4, -0.2) is 29.1 Å². The van der Waals surface area contributed by atoms with Gasteiger partial charge in [0.05, 0.1) is 27.8 Å². The van der Waals surface area contributed by atoms with E-state index in [4.69, 9.17) is 9.97 Å². The normalized spacial score (nSPS) is 11.6. The molecule has 0 unspecified atom stereocenters. The molecule has 6 nitrogen and oxygen atoms in total. The number of rotatable bonds is 5. The Morgan fingerprint density at radius 3 is 1.86 bits per heavy atom. The summed E-state index contributed by atoms with van der Waals surface area (Å²) in [5.41, 5.74) is 10.5. The third-order valence-corrected chi connectivity index (χ3v) is 9.51. The van der Waals surface area contributed by atoms with E-state index in [0.717, 1.165) is 44.7 Å². The first kappa shape index (κ1) is 28.1. The highest BCUT2D eigenvalue weighted by Gasteiger charge is 2.17. The molecule has 0 aliphatic carbocycles. The largest absolute Gasteiger partial charge is 0.317 e. The summed E-state index contributed by atoms with van der Waals surface area (Å²) in [7, 11) is 0. The van der Waals surface area contributed by atoms with Crippen LogP contribution in [0.1, 0.15) is 0 Å². The Morgan fingerprint density at radius 1 is 0.400 bits per heavy atom. The molecule has 0 radical (unpaired) electrons. The fourth-order valence-electron chi connectivity index (χ4n) is 7.19. The quantitative estimate of drug-likeness (QED) is 0.188. The van der Waals surface area contributed by atoms with Gasteiger partial charge in [-0.05, 0) is 72.8 Å². The molecule has 0 N–H and O–H groups in total. The van der Waals surface area contributed by atoms with Crippen LogP contribution in [0.25, 0.3) is 89.0 Å². The van der Waals surface area contributed by atoms with Gasteiger partial charge in [-0.25, -0.2) is 19.9 Å². The van der Waals surface area contributed by atoms with Crippen molar-refractivity contribution in [2.24, 2.45) is 0 Å². The van der Waals surface area contributed by atoms with Crippen molar-refractivity contribution in [2.45, 2.75) is 0 Å². The molecule has 0 spiro atoms. The summed E-state index contributed by atoms with van der Waals surface area (Å²) in [6.45, 7) is 0. The number of nitrogens with zero attached hydrogens (tertiary/aromatic N) is 6. The first-order valence-corrected chi connectivity index (χ1v) is 16.6. The molecular weight excluding hydrogens is 613 g/mol. The molecular formula is C44H28N6. The SMILES string of the molecule is c1ccc(-n2ccc3c4c5ccccc5n(-c5ccc(-c6nc(-c7ccc(-c8ncccn8)cc7)c7ccccc7n6)cc5)c4ccc32)cc1. The zero-order chi connectivity index (χ0) is 33.0. The van der Waals surface area contributed by atoms with Crippen LogP contribution in [0.5, 0.6) is 0 Å². The van der Waals surface area contributed by atoms with Gasteiger partial charge in [0.25, 0.3) is 0 Å². The number of hydrogen-bond acceptors (Lipinski definition) is 4. The zero-order valence-electron chi connectivity index (χ0n) is 26.8. The molecule has 0 aliphatic rings. The van der Waals surface area contributed by atoms with E-state index in [2.05, 4.69) is 147 Å². The van der Waals surface area contributed by atoms with E-state index < -0.39 is 0 Å². The van der Waals surface area contributed by atoms with Crippen molar-refractivity contribution in [2.75, 3.05) is 0 Å². The third kappa shape index (κ3) is 4.50. The second kappa shape index (κ2) is 11.4. The topological polar surface area (TPSA) is 61.4 Å². The number of aromatic nitrogens is 6. The highest BCUT2D eigenvalue weighted by atomic mass is 15.0. The standard InChI is InChI=1S/C44H28N6/c1-2-9-32(10-3-1)49-28-25-36-38(49)23-24-40-41(36)35-12-5-7-14-39(35)50(40)33-21-19-31(20-22-33)44-47-37-13-6-4-11-34(37)42(48-44)29-15-17-30(18-16-29)43-45-26-8-27-46-43/h1-28H. The monoisotopic (exact) mass is 640 g/mol. The summed E-state index contributed by atoms with van der Waals surface area (Å²) in [5, 5.41) is 4.73. The summed E-state index contributed by atoms with van der Waals surface area (Å²) in [6.07, 6.45) is 5.69. The van der Waals surface area contributed by atoms with Gasteiger partial charge in [-0.15, -0.1) is 0 Å². The van der Waals surface area contributed by atoms with Crippen LogP contribution in [0, 0.1) is 0 Å². The minimum Gasteiger partial charge on any atom is -0.317 e. The van der Waals surface area contributed by atoms with Crippen molar-refractivity contribution in [1.29, 1.82) is 0 Å². The molecule has 10 rings (SSSR count). The molecule has 10 aromatic rings. The van der Waals surface area contributed by atoms with Gasteiger partial charge in [-0.2, -0.15) is 0 Å². The number of benzene rings is 6. The van der Waals surface area contributed by atoms with E-state index in [1.54, 1.807) is 12.4 Å². The molecule has 0 amide bonds. The Hall–Kier alpha value is -6.92. The van der Waals surface area contributed by atoms with E-state index in [1.807, 2.05) is 30.3 Å². The fraction of sp³-hybridized carbons (Fsp3) is 0. The van der Waals surface area contributed by atoms with Crippen LogP contribution in [0.2, 0.25) is 0 Å². The van der Waals surface area contributed by atoms with Crippen LogP contribution in [0.4, 0.5) is 0 Å². The first-order valence-electron chi connectivity index (χ1n) is 16.6. The molecule has 6 heteroatoms. The van der Waals surface area contributed by atoms with Crippen LogP contribution < -0.4 is 0 Å². The average Bonchev–Trinajstić information content (AvgIpc) is 3.78. The smallest absolute Gasteiger partial charge is 0.160 e. The Bertz CT molecular complexity index is 2840. The van der Waals surface area contributed by atoms with Gasteiger partial charge in [0.1, 0.15) is 0 Å². The molecule has 234 valence electrons. The third-order valence-electron chi connectivity index (χ3n) is 9.51. The van der Waals surface area contributed by atoms with Gasteiger partial charge in [0.2, 0.25) is 0 Å². The van der Waals surface area contributed by atoms with E-state index >= 15 is 0 Å². The second-order valence-corrected chi connectivity index (χ2v) is 12.4. The number of hydrogen-bond donors (Lipinski definition) is 0. The summed E-state index contributed by atoms with van der Waals surface area (Å²) in [6, 6.07) is 52.8.